The SMILES string of the molecule is [CH2-][NH2+][C@H](C)c1ccccc1. The fourth-order valence-corrected chi connectivity index (χ4v) is 0.893. The van der Waals surface area contributed by atoms with Crippen LogP contribution in [0.25, 0.3) is 0 Å². The van der Waals surface area contributed by atoms with Gasteiger partial charge in [-0.15, -0.1) is 0 Å². The summed E-state index contributed by atoms with van der Waals surface area (Å²) in [6, 6.07) is 10.8. The van der Waals surface area contributed by atoms with Gasteiger partial charge in [0.2, 0.25) is 0 Å². The van der Waals surface area contributed by atoms with Crippen molar-refractivity contribution < 1.29 is 5.32 Å². The van der Waals surface area contributed by atoms with Gasteiger partial charge >= 0.3 is 0 Å². The van der Waals surface area contributed by atoms with Gasteiger partial charge in [0.15, 0.2) is 0 Å². The maximum atomic E-state index is 3.74. The summed E-state index contributed by atoms with van der Waals surface area (Å²) in [6.45, 7) is 2.14. The van der Waals surface area contributed by atoms with Crippen molar-refractivity contribution in [3.05, 3.63) is 42.9 Å². The first-order valence-electron chi connectivity index (χ1n) is 3.52. The van der Waals surface area contributed by atoms with Crippen LogP contribution in [0.1, 0.15) is 18.5 Å². The molecule has 1 heteroatoms. The summed E-state index contributed by atoms with van der Waals surface area (Å²) < 4.78 is 0. The van der Waals surface area contributed by atoms with Crippen LogP contribution >= 0.6 is 0 Å². The normalized spacial score (nSPS) is 13.0. The Morgan fingerprint density at radius 3 is 2.40 bits per heavy atom. The maximum absolute atomic E-state index is 3.74. The third kappa shape index (κ3) is 1.58. The Bertz CT molecular complexity index is 181. The highest BCUT2D eigenvalue weighted by Gasteiger charge is 1.99. The van der Waals surface area contributed by atoms with Crippen molar-refractivity contribution >= 4 is 0 Å². The van der Waals surface area contributed by atoms with Crippen LogP contribution in [0.4, 0.5) is 0 Å². The lowest BCUT2D eigenvalue weighted by Crippen LogP contribution is -2.77. The van der Waals surface area contributed by atoms with E-state index in [0.717, 1.165) is 0 Å². The molecule has 2 N–H and O–H groups in total. The Morgan fingerprint density at radius 2 is 1.90 bits per heavy atom. The van der Waals surface area contributed by atoms with Crippen LogP contribution in [-0.4, -0.2) is 0 Å². The van der Waals surface area contributed by atoms with E-state index in [4.69, 9.17) is 0 Å². The average Bonchev–Trinajstić information content (AvgIpc) is 2.05. The minimum Gasteiger partial charge on any atom is -0.473 e. The van der Waals surface area contributed by atoms with Crippen LogP contribution in [0.15, 0.2) is 30.3 Å². The molecule has 0 fully saturated rings. The lowest BCUT2D eigenvalue weighted by atomic mass is 10.1. The molecule has 1 aromatic rings. The quantitative estimate of drug-likeness (QED) is 0.585. The number of hydrogen-bond donors (Lipinski definition) is 1. The van der Waals surface area contributed by atoms with E-state index in [1.54, 1.807) is 0 Å². The first-order chi connectivity index (χ1) is 4.84. The molecule has 54 valence electrons. The highest BCUT2D eigenvalue weighted by atomic mass is 14.8. The topological polar surface area (TPSA) is 16.6 Å². The minimum atomic E-state index is 0.473. The highest BCUT2D eigenvalue weighted by molar-refractivity contribution is 5.16. The van der Waals surface area contributed by atoms with E-state index >= 15 is 0 Å². The molecule has 1 nitrogen and oxygen atoms in total. The third-order valence-electron chi connectivity index (χ3n) is 1.68. The van der Waals surface area contributed by atoms with Crippen LogP contribution in [0.2, 0.25) is 0 Å². The van der Waals surface area contributed by atoms with Gasteiger partial charge in [-0.25, -0.2) is 0 Å². The molecule has 0 aliphatic carbocycles. The van der Waals surface area contributed by atoms with Crippen molar-refractivity contribution in [2.24, 2.45) is 0 Å². The van der Waals surface area contributed by atoms with Crippen LogP contribution < -0.4 is 5.32 Å². The summed E-state index contributed by atoms with van der Waals surface area (Å²) in [4.78, 5) is 0. The monoisotopic (exact) mass is 135 g/mol. The standard InChI is InChI=1S/C9H13N/c1-8(10-2)9-6-4-3-5-7-9/h3-8H,2,10H2,1H3/t8-/m1/s1. The minimum absolute atomic E-state index is 0.473. The fraction of sp³-hybridized carbons (Fsp3) is 0.222. The summed E-state index contributed by atoms with van der Waals surface area (Å²) in [5.41, 5.74) is 1.33. The van der Waals surface area contributed by atoms with E-state index in [-0.39, 0.29) is 0 Å². The van der Waals surface area contributed by atoms with Crippen LogP contribution in [-0.2, 0) is 0 Å². The Morgan fingerprint density at radius 1 is 1.30 bits per heavy atom. The molecular weight excluding hydrogens is 122 g/mol. The van der Waals surface area contributed by atoms with E-state index in [1.165, 1.54) is 5.56 Å². The number of rotatable bonds is 2. The number of quaternary nitrogens is 1. The average molecular weight is 135 g/mol. The zero-order valence-corrected chi connectivity index (χ0v) is 6.25. The van der Waals surface area contributed by atoms with E-state index < -0.39 is 0 Å². The van der Waals surface area contributed by atoms with Crippen molar-refractivity contribution in [1.82, 2.24) is 0 Å². The summed E-state index contributed by atoms with van der Waals surface area (Å²) in [7, 11) is 3.74. The molecule has 0 saturated carbocycles. The molecule has 0 unspecified atom stereocenters. The molecule has 0 aromatic heterocycles. The molecule has 0 bridgehead atoms. The van der Waals surface area contributed by atoms with Gasteiger partial charge < -0.3 is 5.32 Å². The number of hydrogen-bond acceptors (Lipinski definition) is 0. The molecule has 0 radical (unpaired) electrons. The lowest BCUT2D eigenvalue weighted by molar-refractivity contribution is -0.637. The van der Waals surface area contributed by atoms with Gasteiger partial charge in [-0.2, -0.15) is 7.05 Å². The summed E-state index contributed by atoms with van der Waals surface area (Å²) in [5.74, 6) is 0. The first-order valence-corrected chi connectivity index (χ1v) is 3.52. The summed E-state index contributed by atoms with van der Waals surface area (Å²) in [5, 5.41) is 1.95. The Kier molecular flexibility index (Phi) is 2.46. The molecular formula is C9H13N. The molecule has 0 aliphatic heterocycles. The number of nitrogens with two attached hydrogens (primary N) is 1. The van der Waals surface area contributed by atoms with Crippen molar-refractivity contribution in [2.75, 3.05) is 0 Å². The lowest BCUT2D eigenvalue weighted by Gasteiger charge is -2.10. The zero-order valence-electron chi connectivity index (χ0n) is 6.25. The third-order valence-corrected chi connectivity index (χ3v) is 1.68. The Balaban J connectivity index is 2.75. The van der Waals surface area contributed by atoms with Gasteiger partial charge in [0.05, 0.1) is 6.04 Å². The van der Waals surface area contributed by atoms with E-state index in [2.05, 4.69) is 38.2 Å². The second-order valence-corrected chi connectivity index (χ2v) is 2.44. The molecule has 0 heterocycles. The number of benzene rings is 1. The molecule has 1 aromatic carbocycles. The molecule has 0 spiro atoms. The Hall–Kier alpha value is -0.820. The van der Waals surface area contributed by atoms with Gasteiger partial charge in [-0.3, -0.25) is 0 Å². The van der Waals surface area contributed by atoms with Crippen LogP contribution in [0.5, 0.6) is 0 Å². The Labute approximate surface area is 62.1 Å². The predicted octanol–water partition coefficient (Wildman–Crippen LogP) is 1.10. The summed E-state index contributed by atoms with van der Waals surface area (Å²) in [6.07, 6.45) is 0. The maximum Gasteiger partial charge on any atom is 0.0848 e. The first kappa shape index (κ1) is 7.29. The molecule has 0 amide bonds. The van der Waals surface area contributed by atoms with E-state index in [1.807, 2.05) is 11.4 Å². The van der Waals surface area contributed by atoms with E-state index in [0.29, 0.717) is 6.04 Å². The molecule has 0 aliphatic rings. The van der Waals surface area contributed by atoms with Crippen molar-refractivity contribution in [3.8, 4) is 0 Å². The second-order valence-electron chi connectivity index (χ2n) is 2.44. The van der Waals surface area contributed by atoms with Gasteiger partial charge in [-0.1, -0.05) is 30.3 Å². The highest BCUT2D eigenvalue weighted by Crippen LogP contribution is 2.05. The summed E-state index contributed by atoms with van der Waals surface area (Å²) >= 11 is 0. The molecule has 1 rings (SSSR count). The largest absolute Gasteiger partial charge is 0.473 e. The second kappa shape index (κ2) is 3.37. The smallest absolute Gasteiger partial charge is 0.0848 e. The van der Waals surface area contributed by atoms with Crippen molar-refractivity contribution in [2.45, 2.75) is 13.0 Å². The van der Waals surface area contributed by atoms with Gasteiger partial charge in [0.1, 0.15) is 0 Å². The predicted molar refractivity (Wildman–Crippen MR) is 42.1 cm³/mol. The van der Waals surface area contributed by atoms with Gasteiger partial charge in [0, 0.05) is 5.56 Å². The van der Waals surface area contributed by atoms with Crippen molar-refractivity contribution in [3.63, 3.8) is 0 Å². The molecule has 10 heavy (non-hydrogen) atoms. The van der Waals surface area contributed by atoms with Crippen molar-refractivity contribution in [1.29, 1.82) is 0 Å². The van der Waals surface area contributed by atoms with Crippen LogP contribution in [0.3, 0.4) is 0 Å². The van der Waals surface area contributed by atoms with Gasteiger partial charge in [-0.05, 0) is 6.92 Å². The fourth-order valence-electron chi connectivity index (χ4n) is 0.893. The van der Waals surface area contributed by atoms with Crippen LogP contribution in [0, 0.1) is 7.05 Å². The van der Waals surface area contributed by atoms with Gasteiger partial charge in [0.25, 0.3) is 0 Å². The molecule has 1 atom stereocenters. The zero-order chi connectivity index (χ0) is 7.40. The van der Waals surface area contributed by atoms with E-state index in [9.17, 15) is 0 Å². The molecule has 0 saturated heterocycles.